The van der Waals surface area contributed by atoms with Crippen molar-refractivity contribution in [3.8, 4) is 11.3 Å². The summed E-state index contributed by atoms with van der Waals surface area (Å²) < 4.78 is 56.9. The molecule has 0 aliphatic carbocycles. The molecule has 0 radical (unpaired) electrons. The van der Waals surface area contributed by atoms with Crippen molar-refractivity contribution >= 4 is 11.6 Å². The highest BCUT2D eigenvalue weighted by Crippen LogP contribution is 2.35. The Hall–Kier alpha value is -3.46. The molecule has 3 N–H and O–H groups in total. The number of hydrogen-bond acceptors (Lipinski definition) is 4. The molecule has 0 spiro atoms. The lowest BCUT2D eigenvalue weighted by Crippen LogP contribution is -2.59. The number of nitrogens with one attached hydrogen (secondary N) is 1. The van der Waals surface area contributed by atoms with Crippen LogP contribution in [0.4, 0.5) is 23.2 Å². The third kappa shape index (κ3) is 4.09. The van der Waals surface area contributed by atoms with Crippen LogP contribution >= 0.6 is 0 Å². The minimum Gasteiger partial charge on any atom is -0.397 e. The number of halogens is 4. The van der Waals surface area contributed by atoms with E-state index in [4.69, 9.17) is 10.5 Å². The molecule has 5 nitrogen and oxygen atoms in total. The van der Waals surface area contributed by atoms with E-state index in [-0.39, 0.29) is 30.5 Å². The molecular weight excluding hydrogens is 414 g/mol. The minimum atomic E-state index is -4.52. The lowest BCUT2D eigenvalue weighted by molar-refractivity contribution is -0.137. The van der Waals surface area contributed by atoms with E-state index in [1.165, 1.54) is 24.3 Å². The maximum absolute atomic E-state index is 13.1. The fraction of sp³-hybridized carbons (Fsp3) is 0.182. The highest BCUT2D eigenvalue weighted by atomic mass is 19.4. The molecule has 1 aliphatic rings. The number of amides is 1. The molecule has 3 aromatic rings. The van der Waals surface area contributed by atoms with Crippen molar-refractivity contribution in [2.45, 2.75) is 11.7 Å². The van der Waals surface area contributed by atoms with Crippen LogP contribution in [0.15, 0.2) is 60.8 Å². The molecule has 2 aromatic carbocycles. The van der Waals surface area contributed by atoms with E-state index in [0.29, 0.717) is 11.1 Å². The van der Waals surface area contributed by atoms with Crippen molar-refractivity contribution in [3.63, 3.8) is 0 Å². The number of pyridine rings is 1. The maximum Gasteiger partial charge on any atom is 0.417 e. The van der Waals surface area contributed by atoms with Crippen molar-refractivity contribution in [1.82, 2.24) is 10.3 Å². The third-order valence-corrected chi connectivity index (χ3v) is 5.11. The van der Waals surface area contributed by atoms with Gasteiger partial charge in [-0.1, -0.05) is 24.3 Å². The van der Waals surface area contributed by atoms with Crippen LogP contribution < -0.4 is 11.1 Å². The van der Waals surface area contributed by atoms with Gasteiger partial charge in [0.15, 0.2) is 0 Å². The van der Waals surface area contributed by atoms with Gasteiger partial charge in [0.2, 0.25) is 0 Å². The van der Waals surface area contributed by atoms with Gasteiger partial charge < -0.3 is 15.8 Å². The van der Waals surface area contributed by atoms with E-state index >= 15 is 0 Å². The van der Waals surface area contributed by atoms with Crippen LogP contribution in [0, 0.1) is 5.82 Å². The van der Waals surface area contributed by atoms with Gasteiger partial charge in [0.25, 0.3) is 5.91 Å². The summed E-state index contributed by atoms with van der Waals surface area (Å²) in [5.74, 6) is -0.814. The number of carbonyl (C=O) groups excluding carboxylic acids is 1. The predicted octanol–water partition coefficient (Wildman–Crippen LogP) is 4.14. The van der Waals surface area contributed by atoms with Crippen molar-refractivity contribution in [1.29, 1.82) is 0 Å². The third-order valence-electron chi connectivity index (χ3n) is 5.11. The second-order valence-electron chi connectivity index (χ2n) is 7.27. The van der Waals surface area contributed by atoms with Crippen molar-refractivity contribution in [3.05, 3.63) is 83.3 Å². The summed E-state index contributed by atoms with van der Waals surface area (Å²) in [6.45, 7) is 0.500. The summed E-state index contributed by atoms with van der Waals surface area (Å²) in [6, 6.07) is 12.9. The molecule has 1 saturated heterocycles. The Kier molecular flexibility index (Phi) is 5.14. The largest absolute Gasteiger partial charge is 0.417 e. The minimum absolute atomic E-state index is 0.0890. The van der Waals surface area contributed by atoms with Crippen LogP contribution in [0.5, 0.6) is 0 Å². The number of alkyl halides is 3. The highest BCUT2D eigenvalue weighted by Gasteiger charge is 2.42. The van der Waals surface area contributed by atoms with Gasteiger partial charge in [-0.25, -0.2) is 4.39 Å². The first-order valence-corrected chi connectivity index (χ1v) is 9.27. The van der Waals surface area contributed by atoms with Gasteiger partial charge in [-0.3, -0.25) is 9.78 Å². The monoisotopic (exact) mass is 431 g/mol. The average molecular weight is 431 g/mol. The lowest BCUT2D eigenvalue weighted by Gasteiger charge is -2.42. The number of hydrogen-bond donors (Lipinski definition) is 2. The van der Waals surface area contributed by atoms with Gasteiger partial charge in [0.1, 0.15) is 11.4 Å². The maximum atomic E-state index is 13.1. The summed E-state index contributed by atoms with van der Waals surface area (Å²) in [4.78, 5) is 16.4. The SMILES string of the molecule is Nc1cc(C(F)(F)F)cnc1-c1ccc(C2(NC(=O)c3ccc(F)cc3)COC2)cc1. The zero-order valence-electron chi connectivity index (χ0n) is 16.0. The van der Waals surface area contributed by atoms with E-state index in [1.54, 1.807) is 24.3 Å². The lowest BCUT2D eigenvalue weighted by atomic mass is 9.86. The smallest absolute Gasteiger partial charge is 0.397 e. The zero-order chi connectivity index (χ0) is 22.2. The predicted molar refractivity (Wildman–Crippen MR) is 105 cm³/mol. The van der Waals surface area contributed by atoms with Crippen LogP contribution in [0.1, 0.15) is 21.5 Å². The number of nitrogen functional groups attached to an aromatic ring is 1. The van der Waals surface area contributed by atoms with Crippen LogP contribution in [0.3, 0.4) is 0 Å². The molecule has 0 saturated carbocycles. The molecule has 1 aliphatic heterocycles. The van der Waals surface area contributed by atoms with E-state index in [1.807, 2.05) is 0 Å². The number of aromatic nitrogens is 1. The first-order valence-electron chi connectivity index (χ1n) is 9.27. The summed E-state index contributed by atoms with van der Waals surface area (Å²) in [5.41, 5.74) is 5.85. The molecule has 2 heterocycles. The molecule has 0 bridgehead atoms. The standard InChI is InChI=1S/C22H17F4N3O2/c23-17-7-3-14(4-8-17)20(30)29-21(11-31-12-21)15-5-1-13(2-6-15)19-18(27)9-16(10-28-19)22(24,25)26/h1-10H,11-12,27H2,(H,29,30). The van der Waals surface area contributed by atoms with Gasteiger partial charge in [-0.2, -0.15) is 13.2 Å². The number of rotatable bonds is 4. The summed E-state index contributed by atoms with van der Waals surface area (Å²) >= 11 is 0. The van der Waals surface area contributed by atoms with E-state index < -0.39 is 23.1 Å². The fourth-order valence-corrected chi connectivity index (χ4v) is 3.33. The Bertz CT molecular complexity index is 1110. The molecule has 0 atom stereocenters. The Balaban J connectivity index is 1.57. The molecular formula is C22H17F4N3O2. The Labute approximate surface area is 174 Å². The molecule has 1 aromatic heterocycles. The molecule has 160 valence electrons. The van der Waals surface area contributed by atoms with E-state index in [0.717, 1.165) is 17.8 Å². The summed E-state index contributed by atoms with van der Waals surface area (Å²) in [5, 5.41) is 2.92. The Morgan fingerprint density at radius 3 is 2.23 bits per heavy atom. The molecule has 1 fully saturated rings. The highest BCUT2D eigenvalue weighted by molar-refractivity contribution is 5.94. The topological polar surface area (TPSA) is 77.2 Å². The van der Waals surface area contributed by atoms with Gasteiger partial charge in [-0.05, 0) is 35.9 Å². The number of benzene rings is 2. The zero-order valence-corrected chi connectivity index (χ0v) is 16.0. The van der Waals surface area contributed by atoms with Crippen LogP contribution in [0.2, 0.25) is 0 Å². The van der Waals surface area contributed by atoms with Crippen LogP contribution in [-0.2, 0) is 16.5 Å². The fourth-order valence-electron chi connectivity index (χ4n) is 3.33. The second kappa shape index (κ2) is 7.66. The quantitative estimate of drug-likeness (QED) is 0.609. The normalized spacial score (nSPS) is 15.2. The first kappa shape index (κ1) is 20.8. The molecule has 31 heavy (non-hydrogen) atoms. The number of carbonyl (C=O) groups is 1. The number of nitrogens with zero attached hydrogens (tertiary/aromatic N) is 1. The van der Waals surface area contributed by atoms with Crippen molar-refractivity contribution in [2.24, 2.45) is 0 Å². The van der Waals surface area contributed by atoms with Crippen LogP contribution in [-0.4, -0.2) is 24.1 Å². The van der Waals surface area contributed by atoms with Gasteiger partial charge in [0, 0.05) is 17.3 Å². The Morgan fingerprint density at radius 2 is 1.71 bits per heavy atom. The number of anilines is 1. The molecule has 0 unspecified atom stereocenters. The first-order chi connectivity index (χ1) is 14.7. The number of nitrogens with two attached hydrogens (primary N) is 1. The average Bonchev–Trinajstić information content (AvgIpc) is 2.70. The molecule has 9 heteroatoms. The van der Waals surface area contributed by atoms with Gasteiger partial charge >= 0.3 is 6.18 Å². The van der Waals surface area contributed by atoms with Crippen molar-refractivity contribution in [2.75, 3.05) is 18.9 Å². The summed E-state index contributed by atoms with van der Waals surface area (Å²) in [6.07, 6.45) is -3.79. The Morgan fingerprint density at radius 1 is 1.06 bits per heavy atom. The molecule has 4 rings (SSSR count). The number of ether oxygens (including phenoxy) is 1. The van der Waals surface area contributed by atoms with Crippen LogP contribution in [0.25, 0.3) is 11.3 Å². The summed E-state index contributed by atoms with van der Waals surface area (Å²) in [7, 11) is 0. The van der Waals surface area contributed by atoms with Gasteiger partial charge in [0.05, 0.1) is 30.2 Å². The van der Waals surface area contributed by atoms with E-state index in [2.05, 4.69) is 10.3 Å². The molecule has 1 amide bonds. The van der Waals surface area contributed by atoms with Gasteiger partial charge in [-0.15, -0.1) is 0 Å². The van der Waals surface area contributed by atoms with Crippen molar-refractivity contribution < 1.29 is 27.1 Å². The second-order valence-corrected chi connectivity index (χ2v) is 7.27. The van der Waals surface area contributed by atoms with E-state index in [9.17, 15) is 22.4 Å².